The highest BCUT2D eigenvalue weighted by Gasteiger charge is 2.50. The van der Waals surface area contributed by atoms with Crippen LogP contribution in [-0.4, -0.2) is 52.8 Å². The van der Waals surface area contributed by atoms with Crippen LogP contribution in [0.4, 0.5) is 5.82 Å². The third-order valence-corrected chi connectivity index (χ3v) is 13.6. The van der Waals surface area contributed by atoms with Crippen LogP contribution in [0.25, 0.3) is 11.0 Å². The number of rotatable bonds is 14. The van der Waals surface area contributed by atoms with Crippen molar-refractivity contribution in [3.05, 3.63) is 96.7 Å². The number of hydrogen-bond donors (Lipinski definition) is 1. The van der Waals surface area contributed by atoms with E-state index in [2.05, 4.69) is 114 Å². The Balaban J connectivity index is 1.41. The lowest BCUT2D eigenvalue weighted by Crippen LogP contribution is -2.66. The summed E-state index contributed by atoms with van der Waals surface area (Å²) in [6, 6.07) is 23.6. The molecule has 0 saturated heterocycles. The molecule has 0 radical (unpaired) electrons. The van der Waals surface area contributed by atoms with Crippen molar-refractivity contribution in [1.29, 1.82) is 0 Å². The highest BCUT2D eigenvalue weighted by atomic mass is 35.5. The zero-order valence-corrected chi connectivity index (χ0v) is 28.6. The summed E-state index contributed by atoms with van der Waals surface area (Å²) in [5.41, 5.74) is 3.27. The quantitative estimate of drug-likeness (QED) is 0.108. The number of alkyl halides is 1. The summed E-state index contributed by atoms with van der Waals surface area (Å²) < 4.78 is 14.8. The van der Waals surface area contributed by atoms with Gasteiger partial charge < -0.3 is 14.5 Å². The zero-order valence-electron chi connectivity index (χ0n) is 26.8. The molecule has 1 N–H and O–H groups in total. The molecule has 1 atom stereocenters. The van der Waals surface area contributed by atoms with Gasteiger partial charge in [-0.25, -0.2) is 9.97 Å². The average Bonchev–Trinajstić information content (AvgIpc) is 3.47. The van der Waals surface area contributed by atoms with E-state index in [1.807, 2.05) is 10.7 Å². The molecule has 3 heterocycles. The minimum absolute atomic E-state index is 0.0768. The lowest BCUT2D eigenvalue weighted by atomic mass is 10.1. The molecule has 0 spiro atoms. The molecule has 0 fully saturated rings. The van der Waals surface area contributed by atoms with Crippen LogP contribution < -0.4 is 20.4 Å². The van der Waals surface area contributed by atoms with Gasteiger partial charge >= 0.3 is 0 Å². The molecule has 8 nitrogen and oxygen atoms in total. The van der Waals surface area contributed by atoms with Crippen LogP contribution in [0.3, 0.4) is 0 Å². The number of halogens is 1. The fourth-order valence-corrected chi connectivity index (χ4v) is 10.9. The van der Waals surface area contributed by atoms with Crippen LogP contribution in [-0.2, 0) is 16.9 Å². The van der Waals surface area contributed by atoms with Crippen molar-refractivity contribution in [2.45, 2.75) is 70.5 Å². The van der Waals surface area contributed by atoms with Crippen LogP contribution >= 0.6 is 11.6 Å². The third-order valence-electron chi connectivity index (χ3n) is 8.29. The summed E-state index contributed by atoms with van der Waals surface area (Å²) >= 11 is 6.00. The largest absolute Gasteiger partial charge is 0.496 e. The van der Waals surface area contributed by atoms with Gasteiger partial charge in [0.25, 0.3) is 8.32 Å². The van der Waals surface area contributed by atoms with E-state index >= 15 is 0 Å². The summed E-state index contributed by atoms with van der Waals surface area (Å²) in [7, 11) is -0.975. The maximum atomic E-state index is 7.22. The number of benzene rings is 2. The molecule has 0 aliphatic heterocycles. The molecule has 45 heavy (non-hydrogen) atoms. The number of anilines is 1. The van der Waals surface area contributed by atoms with E-state index in [4.69, 9.17) is 20.8 Å². The van der Waals surface area contributed by atoms with Gasteiger partial charge in [-0.2, -0.15) is 5.10 Å². The number of methoxy groups -OCH3 is 1. The molecule has 5 aromatic rings. The van der Waals surface area contributed by atoms with E-state index in [1.165, 1.54) is 10.4 Å². The first kappa shape index (κ1) is 32.6. The summed E-state index contributed by atoms with van der Waals surface area (Å²) in [6.07, 6.45) is 7.99. The van der Waals surface area contributed by atoms with Gasteiger partial charge in [0.1, 0.15) is 23.1 Å². The van der Waals surface area contributed by atoms with Crippen LogP contribution in [0.2, 0.25) is 5.04 Å². The molecule has 0 unspecified atom stereocenters. The number of nitrogens with zero attached hydrogens (tertiary/aromatic N) is 5. The molecular formula is C35H43ClN6O2Si. The highest BCUT2D eigenvalue weighted by Crippen LogP contribution is 2.37. The number of nitrogens with one attached hydrogen (secondary N) is 1. The van der Waals surface area contributed by atoms with Gasteiger partial charge in [0.2, 0.25) is 0 Å². The first-order chi connectivity index (χ1) is 21.8. The van der Waals surface area contributed by atoms with Crippen molar-refractivity contribution in [2.75, 3.05) is 19.0 Å². The van der Waals surface area contributed by atoms with E-state index in [0.717, 1.165) is 53.1 Å². The number of pyridine rings is 1. The average molecular weight is 643 g/mol. The van der Waals surface area contributed by atoms with Crippen molar-refractivity contribution in [3.8, 4) is 5.75 Å². The molecule has 0 aliphatic carbocycles. The van der Waals surface area contributed by atoms with Crippen LogP contribution in [0.5, 0.6) is 5.75 Å². The Bertz CT molecular complexity index is 1640. The van der Waals surface area contributed by atoms with E-state index in [-0.39, 0.29) is 11.1 Å². The van der Waals surface area contributed by atoms with Crippen molar-refractivity contribution in [2.24, 2.45) is 0 Å². The maximum Gasteiger partial charge on any atom is 0.261 e. The fraction of sp³-hybridized carbons (Fsp3) is 0.371. The van der Waals surface area contributed by atoms with Crippen LogP contribution in [0.1, 0.15) is 58.2 Å². The predicted molar refractivity (Wildman–Crippen MR) is 185 cm³/mol. The van der Waals surface area contributed by atoms with Gasteiger partial charge in [0.15, 0.2) is 5.82 Å². The van der Waals surface area contributed by atoms with Crippen LogP contribution in [0.15, 0.2) is 85.5 Å². The van der Waals surface area contributed by atoms with Crippen molar-refractivity contribution in [3.63, 3.8) is 0 Å². The minimum atomic E-state index is -2.63. The Labute approximate surface area is 272 Å². The normalized spacial score (nSPS) is 12.8. The summed E-state index contributed by atoms with van der Waals surface area (Å²) in [5.74, 6) is 1.80. The monoisotopic (exact) mass is 642 g/mol. The molecule has 0 bridgehead atoms. The van der Waals surface area contributed by atoms with E-state index in [0.29, 0.717) is 19.0 Å². The van der Waals surface area contributed by atoms with Crippen molar-refractivity contribution >= 4 is 47.1 Å². The maximum absolute atomic E-state index is 7.22. The molecule has 236 valence electrons. The van der Waals surface area contributed by atoms with Crippen molar-refractivity contribution in [1.82, 2.24) is 24.7 Å². The van der Waals surface area contributed by atoms with E-state index in [9.17, 15) is 0 Å². The first-order valence-electron chi connectivity index (χ1n) is 15.6. The standard InChI is InChI=1S/C35H43ClN6O2Si/c1-6-13-27(18-19-44-45(35(2,3)4,29-14-9-7-10-15-29)30-16-11-8-12-17-30)41-34-33-31(38-25-39-34)23-40-42(33)24-26-22-37-28(21-36)20-32(26)43-5/h7-12,14-17,20,22-23,25,27H,6,13,18-19,21,24H2,1-5H3,(H,38,39,41)/t27-/m0/s1. The fourth-order valence-electron chi connectivity index (χ4n) is 6.14. The van der Waals surface area contributed by atoms with Crippen molar-refractivity contribution < 1.29 is 9.16 Å². The highest BCUT2D eigenvalue weighted by molar-refractivity contribution is 6.99. The first-order valence-corrected chi connectivity index (χ1v) is 18.0. The molecule has 5 rings (SSSR count). The second kappa shape index (κ2) is 14.5. The van der Waals surface area contributed by atoms with Gasteiger partial charge in [-0.3, -0.25) is 9.67 Å². The zero-order chi connectivity index (χ0) is 31.9. The molecular weight excluding hydrogens is 600 g/mol. The summed E-state index contributed by atoms with van der Waals surface area (Å²) in [5, 5.41) is 10.9. The second-order valence-corrected chi connectivity index (χ2v) is 16.9. The minimum Gasteiger partial charge on any atom is -0.496 e. The van der Waals surface area contributed by atoms with Gasteiger partial charge in [0, 0.05) is 30.5 Å². The second-order valence-electron chi connectivity index (χ2n) is 12.3. The number of ether oxygens (including phenoxy) is 1. The Kier molecular flexibility index (Phi) is 10.5. The van der Waals surface area contributed by atoms with Gasteiger partial charge in [-0.15, -0.1) is 11.6 Å². The smallest absolute Gasteiger partial charge is 0.261 e. The molecule has 2 aromatic carbocycles. The SMILES string of the molecule is CCC[C@@H](CCO[Si](c1ccccc1)(c1ccccc1)C(C)(C)C)Nc1ncnc2cnn(Cc3cnc(CCl)cc3OC)c12. The Morgan fingerprint density at radius 2 is 1.62 bits per heavy atom. The summed E-state index contributed by atoms with van der Waals surface area (Å²) in [4.78, 5) is 13.6. The predicted octanol–water partition coefficient (Wildman–Crippen LogP) is 6.56. The number of fused-ring (bicyclic) bond motifs is 1. The lowest BCUT2D eigenvalue weighted by Gasteiger charge is -2.43. The molecule has 0 amide bonds. The van der Waals surface area contributed by atoms with E-state index < -0.39 is 8.32 Å². The topological polar surface area (TPSA) is 87.0 Å². The number of aromatic nitrogens is 5. The molecule has 0 aliphatic rings. The Morgan fingerprint density at radius 3 is 2.22 bits per heavy atom. The third kappa shape index (κ3) is 7.06. The number of hydrogen-bond acceptors (Lipinski definition) is 7. The van der Waals surface area contributed by atoms with E-state index in [1.54, 1.807) is 25.8 Å². The molecule has 0 saturated carbocycles. The lowest BCUT2D eigenvalue weighted by molar-refractivity contribution is 0.281. The van der Waals surface area contributed by atoms with Gasteiger partial charge in [-0.05, 0) is 28.3 Å². The molecule has 10 heteroatoms. The van der Waals surface area contributed by atoms with Crippen LogP contribution in [0, 0.1) is 0 Å². The Morgan fingerprint density at radius 1 is 0.933 bits per heavy atom. The molecule has 3 aromatic heterocycles. The van der Waals surface area contributed by atoms with Gasteiger partial charge in [-0.1, -0.05) is 94.8 Å². The summed E-state index contributed by atoms with van der Waals surface area (Å²) in [6.45, 7) is 10.2. The Hall–Kier alpha value is -3.79. The van der Waals surface area contributed by atoms with Gasteiger partial charge in [0.05, 0.1) is 31.4 Å².